The van der Waals surface area contributed by atoms with Crippen molar-refractivity contribution in [3.05, 3.63) is 29.0 Å². The Labute approximate surface area is 255 Å². The first-order chi connectivity index (χ1) is 19.8. The van der Waals surface area contributed by atoms with Crippen LogP contribution in [0, 0.1) is 12.8 Å². The molecule has 1 N–H and O–H groups in total. The molecule has 1 aliphatic carbocycles. The number of halogens is 3. The molecule has 2 fully saturated rings. The number of nitrogens with zero attached hydrogens (tertiary/aromatic N) is 3. The molecule has 2 aromatic rings. The van der Waals surface area contributed by atoms with E-state index in [4.69, 9.17) is 23.2 Å². The zero-order chi connectivity index (χ0) is 30.4. The Bertz CT molecular complexity index is 1430. The SMILES string of the molecule is CC(=O)c1nn2c3c(cc(C)cc13)CCCCCCC(=O)CC[C@@]1(F)C[C@@H](C(=O)N[C@H](C)[C@H]3CC3(Cl)Cl)N(C1)C(=O)C2. The van der Waals surface area contributed by atoms with Crippen molar-refractivity contribution in [1.29, 1.82) is 0 Å². The van der Waals surface area contributed by atoms with Crippen LogP contribution >= 0.6 is 23.2 Å². The summed E-state index contributed by atoms with van der Waals surface area (Å²) < 4.78 is 16.9. The first-order valence-corrected chi connectivity index (χ1v) is 15.7. The van der Waals surface area contributed by atoms with Crippen molar-refractivity contribution in [2.24, 2.45) is 5.92 Å². The Balaban J connectivity index is 1.49. The fourth-order valence-electron chi connectivity index (χ4n) is 6.64. The lowest BCUT2D eigenvalue weighted by molar-refractivity contribution is -0.139. The number of aromatic nitrogens is 2. The summed E-state index contributed by atoms with van der Waals surface area (Å²) in [5, 5.41) is 8.14. The molecule has 1 saturated heterocycles. The highest BCUT2D eigenvalue weighted by molar-refractivity contribution is 6.51. The van der Waals surface area contributed by atoms with Gasteiger partial charge < -0.3 is 10.2 Å². The number of Topliss-reactive ketones (excluding diaryl/α,β-unsaturated/α-hetero) is 2. The highest BCUT2D eigenvalue weighted by Crippen LogP contribution is 2.54. The summed E-state index contributed by atoms with van der Waals surface area (Å²) >= 11 is 12.4. The molecule has 42 heavy (non-hydrogen) atoms. The van der Waals surface area contributed by atoms with E-state index in [0.717, 1.165) is 43.2 Å². The Kier molecular flexibility index (Phi) is 8.74. The smallest absolute Gasteiger partial charge is 0.245 e. The summed E-state index contributed by atoms with van der Waals surface area (Å²) in [4.78, 5) is 53.8. The molecule has 1 aromatic carbocycles. The fraction of sp³-hybridized carbons (Fsp3) is 0.645. The van der Waals surface area contributed by atoms with E-state index in [1.165, 1.54) is 11.8 Å². The van der Waals surface area contributed by atoms with Gasteiger partial charge in [0.2, 0.25) is 11.8 Å². The molecule has 0 unspecified atom stereocenters. The average molecular weight is 622 g/mol. The van der Waals surface area contributed by atoms with Crippen molar-refractivity contribution in [2.45, 2.75) is 114 Å². The minimum absolute atomic E-state index is 0.00216. The molecule has 228 valence electrons. The number of benzene rings is 1. The van der Waals surface area contributed by atoms with E-state index < -0.39 is 27.9 Å². The van der Waals surface area contributed by atoms with Crippen LogP contribution in [0.5, 0.6) is 0 Å². The molecule has 3 heterocycles. The second kappa shape index (κ2) is 11.9. The molecule has 2 bridgehead atoms. The number of aryl methyl sites for hydroxylation is 2. The van der Waals surface area contributed by atoms with Crippen LogP contribution in [0.25, 0.3) is 10.9 Å². The third-order valence-electron chi connectivity index (χ3n) is 9.05. The first kappa shape index (κ1) is 30.9. The number of hydrogen-bond donors (Lipinski definition) is 1. The van der Waals surface area contributed by atoms with Gasteiger partial charge >= 0.3 is 0 Å². The molecule has 0 spiro atoms. The summed E-state index contributed by atoms with van der Waals surface area (Å²) in [7, 11) is 0. The van der Waals surface area contributed by atoms with Gasteiger partial charge in [0.1, 0.15) is 34.1 Å². The van der Waals surface area contributed by atoms with Gasteiger partial charge in [-0.1, -0.05) is 24.5 Å². The van der Waals surface area contributed by atoms with Crippen LogP contribution < -0.4 is 5.32 Å². The van der Waals surface area contributed by atoms with E-state index in [1.54, 1.807) is 11.6 Å². The maximum Gasteiger partial charge on any atom is 0.245 e. The normalized spacial score (nSPS) is 27.5. The van der Waals surface area contributed by atoms with Crippen LogP contribution in [0.3, 0.4) is 0 Å². The van der Waals surface area contributed by atoms with Gasteiger partial charge in [-0.2, -0.15) is 5.10 Å². The molecule has 2 amide bonds. The van der Waals surface area contributed by atoms with Crippen LogP contribution in [0.1, 0.15) is 93.3 Å². The van der Waals surface area contributed by atoms with Gasteiger partial charge in [-0.3, -0.25) is 23.9 Å². The van der Waals surface area contributed by atoms with Crippen molar-refractivity contribution < 1.29 is 23.6 Å². The number of nitrogens with one attached hydrogen (secondary N) is 1. The molecule has 8 nitrogen and oxygen atoms in total. The molecule has 0 radical (unpaired) electrons. The van der Waals surface area contributed by atoms with E-state index in [0.29, 0.717) is 23.7 Å². The fourth-order valence-corrected chi connectivity index (χ4v) is 7.35. The average Bonchev–Trinajstić information content (AvgIpc) is 3.22. The van der Waals surface area contributed by atoms with Crippen LogP contribution in [0.2, 0.25) is 0 Å². The van der Waals surface area contributed by atoms with E-state index in [-0.39, 0.29) is 61.6 Å². The highest BCUT2D eigenvalue weighted by atomic mass is 35.5. The predicted octanol–water partition coefficient (Wildman–Crippen LogP) is 5.41. The van der Waals surface area contributed by atoms with E-state index in [1.807, 2.05) is 13.0 Å². The minimum Gasteiger partial charge on any atom is -0.351 e. The van der Waals surface area contributed by atoms with E-state index in [9.17, 15) is 19.2 Å². The third-order valence-corrected chi connectivity index (χ3v) is 9.92. The Hall–Kier alpha value is -2.52. The molecule has 11 heteroatoms. The number of carbonyl (C=O) groups is 4. The van der Waals surface area contributed by atoms with E-state index >= 15 is 4.39 Å². The third kappa shape index (κ3) is 6.52. The van der Waals surface area contributed by atoms with Gasteiger partial charge in [-0.15, -0.1) is 23.2 Å². The quantitative estimate of drug-likeness (QED) is 0.364. The van der Waals surface area contributed by atoms with Crippen LogP contribution in [0.4, 0.5) is 4.39 Å². The maximum atomic E-state index is 16.3. The molecule has 2 aliphatic heterocycles. The van der Waals surface area contributed by atoms with Crippen molar-refractivity contribution in [2.75, 3.05) is 6.54 Å². The summed E-state index contributed by atoms with van der Waals surface area (Å²) in [5.41, 5.74) is 1.09. The zero-order valence-electron chi connectivity index (χ0n) is 24.5. The minimum atomic E-state index is -1.88. The van der Waals surface area contributed by atoms with Crippen molar-refractivity contribution in [3.63, 3.8) is 0 Å². The van der Waals surface area contributed by atoms with Gasteiger partial charge in [-0.05, 0) is 57.6 Å². The number of ketones is 2. The second-order valence-electron chi connectivity index (χ2n) is 12.6. The number of rotatable bonds is 4. The Morgan fingerprint density at radius 3 is 2.45 bits per heavy atom. The van der Waals surface area contributed by atoms with Crippen molar-refractivity contribution in [3.8, 4) is 0 Å². The topological polar surface area (TPSA) is 101 Å². The van der Waals surface area contributed by atoms with Gasteiger partial charge in [0.05, 0.1) is 12.1 Å². The highest BCUT2D eigenvalue weighted by Gasteiger charge is 2.56. The van der Waals surface area contributed by atoms with Gasteiger partial charge in [0, 0.05) is 43.5 Å². The standard InChI is InChI=1S/C31H39Cl2FN4O4/c1-18-12-21-8-6-4-5-7-9-22(40)10-11-30(34)15-25(29(42)35-19(2)24-14-31(24,32)33)37(17-30)26(41)16-38-28(21)23(13-18)27(36-38)20(3)39/h12-13,19,24-25H,4-11,14-17H2,1-3H3,(H,35,42)/t19-,24-,25+,30-/m1/s1. The Morgan fingerprint density at radius 2 is 1.79 bits per heavy atom. The number of alkyl halides is 3. The molecular formula is C31H39Cl2FN4O4. The first-order valence-electron chi connectivity index (χ1n) is 15.0. The molecule has 4 atom stereocenters. The van der Waals surface area contributed by atoms with Crippen molar-refractivity contribution >= 4 is 57.5 Å². The summed E-state index contributed by atoms with van der Waals surface area (Å²) in [6.07, 6.45) is 4.92. The molecule has 1 saturated carbocycles. The molecule has 5 rings (SSSR count). The molecule has 3 aliphatic rings. The summed E-state index contributed by atoms with van der Waals surface area (Å²) in [6.45, 7) is 4.67. The van der Waals surface area contributed by atoms with E-state index in [2.05, 4.69) is 16.5 Å². The van der Waals surface area contributed by atoms with Gasteiger partial charge in [-0.25, -0.2) is 4.39 Å². The molecular weight excluding hydrogens is 582 g/mol. The summed E-state index contributed by atoms with van der Waals surface area (Å²) in [6, 6.07) is 2.54. The number of hydrogen-bond acceptors (Lipinski definition) is 5. The summed E-state index contributed by atoms with van der Waals surface area (Å²) in [5.74, 6) is -1.29. The molecule has 1 aromatic heterocycles. The van der Waals surface area contributed by atoms with Crippen molar-refractivity contribution in [1.82, 2.24) is 20.0 Å². The number of fused-ring (bicyclic) bond motifs is 2. The largest absolute Gasteiger partial charge is 0.351 e. The lowest BCUT2D eigenvalue weighted by Gasteiger charge is -2.26. The van der Waals surface area contributed by atoms with Gasteiger partial charge in [0.15, 0.2) is 5.78 Å². The maximum absolute atomic E-state index is 16.3. The van der Waals surface area contributed by atoms with Crippen LogP contribution in [-0.2, 0) is 27.3 Å². The second-order valence-corrected chi connectivity index (χ2v) is 14.1. The monoisotopic (exact) mass is 620 g/mol. The zero-order valence-corrected chi connectivity index (χ0v) is 26.0. The number of carbonyl (C=O) groups excluding carboxylic acids is 4. The lowest BCUT2D eigenvalue weighted by atomic mass is 9.93. The Morgan fingerprint density at radius 1 is 1.10 bits per heavy atom. The van der Waals surface area contributed by atoms with Gasteiger partial charge in [0.25, 0.3) is 0 Å². The van der Waals surface area contributed by atoms with Crippen LogP contribution in [-0.4, -0.2) is 66.7 Å². The number of amides is 2. The van der Waals surface area contributed by atoms with Crippen LogP contribution in [0.15, 0.2) is 12.1 Å². The predicted molar refractivity (Wildman–Crippen MR) is 160 cm³/mol. The lowest BCUT2D eigenvalue weighted by Crippen LogP contribution is -2.49.